The summed E-state index contributed by atoms with van der Waals surface area (Å²) < 4.78 is 25.6. The summed E-state index contributed by atoms with van der Waals surface area (Å²) in [6.07, 6.45) is 3.66. The zero-order valence-corrected chi connectivity index (χ0v) is 16.5. The highest BCUT2D eigenvalue weighted by molar-refractivity contribution is 7.98. The van der Waals surface area contributed by atoms with Crippen molar-refractivity contribution in [2.24, 2.45) is 5.92 Å². The van der Waals surface area contributed by atoms with Crippen LogP contribution in [0.4, 0.5) is 10.4 Å². The molecular formula is C19H25FN3O2S. The minimum absolute atomic E-state index is 0.0577. The fraction of sp³-hybridized carbons (Fsp3) is 0.579. The van der Waals surface area contributed by atoms with E-state index in [2.05, 4.69) is 21.1 Å². The van der Waals surface area contributed by atoms with Gasteiger partial charge in [-0.2, -0.15) is 4.98 Å². The Bertz CT molecular complexity index is 729. The van der Waals surface area contributed by atoms with E-state index in [1.165, 1.54) is 11.8 Å². The topological polar surface area (TPSA) is 51.4 Å². The highest BCUT2D eigenvalue weighted by Crippen LogP contribution is 2.31. The second-order valence-electron chi connectivity index (χ2n) is 6.93. The number of benzene rings is 1. The number of halogens is 1. The molecule has 0 amide bonds. The maximum Gasteiger partial charge on any atom is 0.324 e. The van der Waals surface area contributed by atoms with E-state index in [4.69, 9.17) is 9.26 Å². The van der Waals surface area contributed by atoms with Crippen LogP contribution < -0.4 is 9.64 Å². The van der Waals surface area contributed by atoms with Gasteiger partial charge in [-0.3, -0.25) is 0 Å². The van der Waals surface area contributed by atoms with E-state index in [9.17, 15) is 4.39 Å². The molecule has 1 aliphatic rings. The molecule has 26 heavy (non-hydrogen) atoms. The first kappa shape index (κ1) is 19.0. The standard InChI is InChI=1S/C19H25FN3O2S/c1-12(2)18-21-19(25-22-18)23-10-8-14(9-11-23)13(3)24-15-6-5-7-16(26-4)17(15)20/h5-6,12-14H,8-11H2,1-4H3. The molecule has 3 rings (SSSR count). The van der Waals surface area contributed by atoms with Gasteiger partial charge in [0.1, 0.15) is 0 Å². The van der Waals surface area contributed by atoms with Gasteiger partial charge in [-0.05, 0) is 50.1 Å². The molecule has 1 aromatic carbocycles. The molecule has 0 N–H and O–H groups in total. The first-order valence-electron chi connectivity index (χ1n) is 8.99. The summed E-state index contributed by atoms with van der Waals surface area (Å²) in [5.41, 5.74) is 0. The highest BCUT2D eigenvalue weighted by Gasteiger charge is 2.28. The van der Waals surface area contributed by atoms with Gasteiger partial charge in [-0.1, -0.05) is 19.0 Å². The second-order valence-corrected chi connectivity index (χ2v) is 7.74. The summed E-state index contributed by atoms with van der Waals surface area (Å²) in [5.74, 6) is 1.33. The van der Waals surface area contributed by atoms with Crippen LogP contribution in [0.1, 0.15) is 45.4 Å². The number of hydrogen-bond donors (Lipinski definition) is 0. The number of aromatic nitrogens is 2. The summed E-state index contributed by atoms with van der Waals surface area (Å²) in [4.78, 5) is 7.07. The molecule has 1 saturated heterocycles. The molecule has 1 fully saturated rings. The fourth-order valence-electron chi connectivity index (χ4n) is 3.13. The lowest BCUT2D eigenvalue weighted by Gasteiger charge is -2.33. The molecule has 7 heteroatoms. The average Bonchev–Trinajstić information content (AvgIpc) is 3.14. The summed E-state index contributed by atoms with van der Waals surface area (Å²) in [6.45, 7) is 7.77. The zero-order chi connectivity index (χ0) is 18.7. The van der Waals surface area contributed by atoms with Crippen molar-refractivity contribution in [2.75, 3.05) is 24.2 Å². The molecular weight excluding hydrogens is 353 g/mol. The van der Waals surface area contributed by atoms with Crippen molar-refractivity contribution in [3.05, 3.63) is 29.8 Å². The lowest BCUT2D eigenvalue weighted by atomic mass is 9.92. The van der Waals surface area contributed by atoms with Gasteiger partial charge in [0.15, 0.2) is 17.4 Å². The first-order valence-corrected chi connectivity index (χ1v) is 10.2. The van der Waals surface area contributed by atoms with Crippen LogP contribution in [-0.2, 0) is 0 Å². The van der Waals surface area contributed by atoms with Crippen molar-refractivity contribution in [3.63, 3.8) is 0 Å². The van der Waals surface area contributed by atoms with Gasteiger partial charge in [0.05, 0.1) is 11.0 Å². The third kappa shape index (κ3) is 4.14. The number of hydrogen-bond acceptors (Lipinski definition) is 6. The molecule has 1 radical (unpaired) electrons. The fourth-order valence-corrected chi connectivity index (χ4v) is 3.59. The Morgan fingerprint density at radius 1 is 1.35 bits per heavy atom. The largest absolute Gasteiger partial charge is 0.487 e. The number of rotatable bonds is 6. The van der Waals surface area contributed by atoms with Gasteiger partial charge in [-0.25, -0.2) is 4.39 Å². The summed E-state index contributed by atoms with van der Waals surface area (Å²) in [7, 11) is 0. The Hall–Kier alpha value is -1.76. The van der Waals surface area contributed by atoms with Crippen molar-refractivity contribution < 1.29 is 13.7 Å². The number of nitrogens with zero attached hydrogens (tertiary/aromatic N) is 3. The smallest absolute Gasteiger partial charge is 0.324 e. The van der Waals surface area contributed by atoms with Crippen LogP contribution in [0.5, 0.6) is 5.75 Å². The molecule has 1 aliphatic heterocycles. The van der Waals surface area contributed by atoms with Crippen molar-refractivity contribution in [2.45, 2.75) is 50.5 Å². The molecule has 141 valence electrons. The van der Waals surface area contributed by atoms with Crippen LogP contribution in [0.25, 0.3) is 0 Å². The third-order valence-corrected chi connectivity index (χ3v) is 5.51. The number of anilines is 1. The van der Waals surface area contributed by atoms with Crippen molar-refractivity contribution in [1.29, 1.82) is 0 Å². The summed E-state index contributed by atoms with van der Waals surface area (Å²) in [6, 6.07) is 6.84. The van der Waals surface area contributed by atoms with Crippen molar-refractivity contribution >= 4 is 17.8 Å². The van der Waals surface area contributed by atoms with E-state index < -0.39 is 0 Å². The van der Waals surface area contributed by atoms with E-state index in [1.807, 2.05) is 27.0 Å². The zero-order valence-electron chi connectivity index (χ0n) is 15.7. The Morgan fingerprint density at radius 2 is 2.08 bits per heavy atom. The van der Waals surface area contributed by atoms with Gasteiger partial charge in [-0.15, -0.1) is 11.8 Å². The van der Waals surface area contributed by atoms with Crippen LogP contribution in [0.15, 0.2) is 21.6 Å². The Kier molecular flexibility index (Phi) is 6.06. The lowest BCUT2D eigenvalue weighted by Crippen LogP contribution is -2.39. The van der Waals surface area contributed by atoms with E-state index in [0.717, 1.165) is 31.8 Å². The van der Waals surface area contributed by atoms with E-state index in [0.29, 0.717) is 22.6 Å². The van der Waals surface area contributed by atoms with Gasteiger partial charge < -0.3 is 14.2 Å². The molecule has 0 spiro atoms. The first-order chi connectivity index (χ1) is 12.5. The van der Waals surface area contributed by atoms with Crippen LogP contribution in [0.3, 0.4) is 0 Å². The maximum absolute atomic E-state index is 14.3. The van der Waals surface area contributed by atoms with Crippen LogP contribution >= 0.6 is 11.8 Å². The monoisotopic (exact) mass is 378 g/mol. The van der Waals surface area contributed by atoms with E-state index in [1.54, 1.807) is 12.1 Å². The quantitative estimate of drug-likeness (QED) is 0.688. The number of thioether (sulfide) groups is 1. The molecule has 2 aromatic rings. The minimum atomic E-state index is -0.323. The maximum atomic E-state index is 14.3. The molecule has 1 unspecified atom stereocenters. The SMILES string of the molecule is CSc1[c]ccc(OC(C)C2CCN(c3nc(C(C)C)no3)CC2)c1F. The predicted octanol–water partition coefficient (Wildman–Crippen LogP) is 4.54. The van der Waals surface area contributed by atoms with Crippen LogP contribution in [0.2, 0.25) is 0 Å². The summed E-state index contributed by atoms with van der Waals surface area (Å²) in [5, 5.41) is 4.03. The molecule has 1 atom stereocenters. The summed E-state index contributed by atoms with van der Waals surface area (Å²) >= 11 is 1.33. The van der Waals surface area contributed by atoms with E-state index >= 15 is 0 Å². The highest BCUT2D eigenvalue weighted by atomic mass is 32.2. The van der Waals surface area contributed by atoms with Gasteiger partial charge in [0, 0.05) is 19.0 Å². The molecule has 0 bridgehead atoms. The molecule has 5 nitrogen and oxygen atoms in total. The number of ether oxygens (including phenoxy) is 1. The lowest BCUT2D eigenvalue weighted by molar-refractivity contribution is 0.126. The molecule has 0 saturated carbocycles. The van der Waals surface area contributed by atoms with E-state index in [-0.39, 0.29) is 17.8 Å². The third-order valence-electron chi connectivity index (χ3n) is 4.80. The van der Waals surface area contributed by atoms with Gasteiger partial charge >= 0.3 is 6.01 Å². The predicted molar refractivity (Wildman–Crippen MR) is 100 cm³/mol. The van der Waals surface area contributed by atoms with Gasteiger partial charge in [0.25, 0.3) is 0 Å². The molecule has 0 aliphatic carbocycles. The number of piperidine rings is 1. The Balaban J connectivity index is 1.57. The van der Waals surface area contributed by atoms with Crippen molar-refractivity contribution in [1.82, 2.24) is 10.1 Å². The van der Waals surface area contributed by atoms with Crippen molar-refractivity contribution in [3.8, 4) is 5.75 Å². The second kappa shape index (κ2) is 8.29. The molecule has 1 aromatic heterocycles. The molecule has 2 heterocycles. The van der Waals surface area contributed by atoms with Gasteiger partial charge in [0.2, 0.25) is 0 Å². The minimum Gasteiger partial charge on any atom is -0.487 e. The Labute approximate surface area is 158 Å². The average molecular weight is 378 g/mol. The normalized spacial score (nSPS) is 16.9. The van der Waals surface area contributed by atoms with Crippen LogP contribution in [0, 0.1) is 17.8 Å². The van der Waals surface area contributed by atoms with Crippen LogP contribution in [-0.4, -0.2) is 35.6 Å². The Morgan fingerprint density at radius 3 is 2.69 bits per heavy atom.